The van der Waals surface area contributed by atoms with Crippen LogP contribution >= 0.6 is 11.5 Å². The van der Waals surface area contributed by atoms with Crippen molar-refractivity contribution in [3.05, 3.63) is 41.3 Å². The second-order valence-corrected chi connectivity index (χ2v) is 3.82. The summed E-state index contributed by atoms with van der Waals surface area (Å²) in [4.78, 5) is 10.5. The van der Waals surface area contributed by atoms with Gasteiger partial charge in [-0.15, -0.1) is 0 Å². The van der Waals surface area contributed by atoms with Gasteiger partial charge < -0.3 is 5.11 Å². The highest BCUT2D eigenvalue weighted by Crippen LogP contribution is 2.19. The summed E-state index contributed by atoms with van der Waals surface area (Å²) in [6.45, 7) is 0. The van der Waals surface area contributed by atoms with Crippen molar-refractivity contribution in [1.82, 2.24) is 4.37 Å². The van der Waals surface area contributed by atoms with Gasteiger partial charge in [0.05, 0.1) is 12.1 Å². The second-order valence-electron chi connectivity index (χ2n) is 3.15. The van der Waals surface area contributed by atoms with Crippen molar-refractivity contribution in [2.24, 2.45) is 0 Å². The highest BCUT2D eigenvalue weighted by Gasteiger charge is 2.02. The van der Waals surface area contributed by atoms with Crippen LogP contribution in [0.4, 0.5) is 0 Å². The highest BCUT2D eigenvalue weighted by atomic mass is 32.1. The van der Waals surface area contributed by atoms with Crippen LogP contribution < -0.4 is 0 Å². The van der Waals surface area contributed by atoms with Gasteiger partial charge in [-0.1, -0.05) is 24.3 Å². The summed E-state index contributed by atoms with van der Waals surface area (Å²) < 4.78 is 4.20. The minimum atomic E-state index is -0.809. The number of carbonyl (C=O) groups is 1. The van der Waals surface area contributed by atoms with Crippen LogP contribution in [0.3, 0.4) is 0 Å². The van der Waals surface area contributed by atoms with E-state index in [0.717, 1.165) is 16.8 Å². The lowest BCUT2D eigenvalue weighted by atomic mass is 10.1. The van der Waals surface area contributed by atoms with Gasteiger partial charge in [0.1, 0.15) is 0 Å². The maximum Gasteiger partial charge on any atom is 0.307 e. The molecule has 76 valence electrons. The molecule has 0 saturated carbocycles. The largest absolute Gasteiger partial charge is 0.481 e. The van der Waals surface area contributed by atoms with Gasteiger partial charge in [-0.3, -0.25) is 4.79 Å². The average molecular weight is 219 g/mol. The summed E-state index contributed by atoms with van der Waals surface area (Å²) in [5.41, 5.74) is 2.76. The molecule has 15 heavy (non-hydrogen) atoms. The van der Waals surface area contributed by atoms with E-state index in [1.54, 1.807) is 0 Å². The van der Waals surface area contributed by atoms with Crippen molar-refractivity contribution < 1.29 is 9.90 Å². The van der Waals surface area contributed by atoms with Crippen LogP contribution in [-0.2, 0) is 11.2 Å². The zero-order valence-corrected chi connectivity index (χ0v) is 8.70. The summed E-state index contributed by atoms with van der Waals surface area (Å²) in [5.74, 6) is -0.809. The van der Waals surface area contributed by atoms with Crippen LogP contribution in [0.5, 0.6) is 0 Å². The van der Waals surface area contributed by atoms with E-state index < -0.39 is 5.97 Å². The van der Waals surface area contributed by atoms with Crippen LogP contribution in [0.25, 0.3) is 11.3 Å². The predicted octanol–water partition coefficient (Wildman–Crippen LogP) is 2.44. The Kier molecular flexibility index (Phi) is 2.78. The average Bonchev–Trinajstić information content (AvgIpc) is 2.71. The van der Waals surface area contributed by atoms with Crippen LogP contribution in [0.1, 0.15) is 5.56 Å². The van der Waals surface area contributed by atoms with Gasteiger partial charge in [-0.2, -0.15) is 4.37 Å². The number of hydrogen-bond donors (Lipinski definition) is 1. The molecule has 0 unspecified atom stereocenters. The molecule has 0 spiro atoms. The molecule has 1 heterocycles. The third-order valence-corrected chi connectivity index (χ3v) is 2.60. The molecule has 0 amide bonds. The molecule has 1 aromatic carbocycles. The Morgan fingerprint density at radius 1 is 1.27 bits per heavy atom. The Balaban J connectivity index is 2.21. The first-order valence-corrected chi connectivity index (χ1v) is 5.31. The number of carboxylic acids is 1. The SMILES string of the molecule is O=C(O)Cc1ccc(-c2ccsn2)cc1. The van der Waals surface area contributed by atoms with Gasteiger partial charge in [-0.05, 0) is 23.2 Å². The first kappa shape index (κ1) is 9.86. The van der Waals surface area contributed by atoms with Crippen molar-refractivity contribution in [2.45, 2.75) is 6.42 Å². The van der Waals surface area contributed by atoms with Gasteiger partial charge in [0.25, 0.3) is 0 Å². The van der Waals surface area contributed by atoms with Gasteiger partial charge >= 0.3 is 5.97 Å². The van der Waals surface area contributed by atoms with Gasteiger partial charge in [0.2, 0.25) is 0 Å². The summed E-state index contributed by atoms with van der Waals surface area (Å²) in [6, 6.07) is 9.38. The topological polar surface area (TPSA) is 50.2 Å². The maximum absolute atomic E-state index is 10.5. The third-order valence-electron chi connectivity index (χ3n) is 2.04. The highest BCUT2D eigenvalue weighted by molar-refractivity contribution is 7.03. The van der Waals surface area contributed by atoms with E-state index in [0.29, 0.717) is 0 Å². The molecular weight excluding hydrogens is 210 g/mol. The minimum Gasteiger partial charge on any atom is -0.481 e. The van der Waals surface area contributed by atoms with Crippen molar-refractivity contribution in [2.75, 3.05) is 0 Å². The molecule has 4 heteroatoms. The van der Waals surface area contributed by atoms with Gasteiger partial charge in [0.15, 0.2) is 0 Å². The van der Waals surface area contributed by atoms with E-state index in [4.69, 9.17) is 5.11 Å². The molecule has 0 fully saturated rings. The Labute approximate surface area is 91.2 Å². The van der Waals surface area contributed by atoms with Crippen molar-refractivity contribution in [3.63, 3.8) is 0 Å². The molecule has 0 aliphatic heterocycles. The minimum absolute atomic E-state index is 0.0668. The van der Waals surface area contributed by atoms with E-state index in [1.807, 2.05) is 35.7 Å². The monoisotopic (exact) mass is 219 g/mol. The quantitative estimate of drug-likeness (QED) is 0.862. The first-order chi connectivity index (χ1) is 7.25. The lowest BCUT2D eigenvalue weighted by molar-refractivity contribution is -0.136. The zero-order chi connectivity index (χ0) is 10.7. The molecule has 2 aromatic rings. The third kappa shape index (κ3) is 2.41. The summed E-state index contributed by atoms with van der Waals surface area (Å²) in [6.07, 6.45) is 0.0668. The molecule has 3 nitrogen and oxygen atoms in total. The molecule has 1 aromatic heterocycles. The number of aliphatic carboxylic acids is 1. The molecule has 1 N–H and O–H groups in total. The number of benzene rings is 1. The van der Waals surface area contributed by atoms with E-state index in [-0.39, 0.29) is 6.42 Å². The lowest BCUT2D eigenvalue weighted by Crippen LogP contribution is -1.99. The smallest absolute Gasteiger partial charge is 0.307 e. The van der Waals surface area contributed by atoms with Crippen LogP contribution in [-0.4, -0.2) is 15.4 Å². The maximum atomic E-state index is 10.5. The second kappa shape index (κ2) is 4.23. The van der Waals surface area contributed by atoms with E-state index in [2.05, 4.69) is 4.37 Å². The normalized spacial score (nSPS) is 10.1. The van der Waals surface area contributed by atoms with E-state index in [1.165, 1.54) is 11.5 Å². The molecule has 0 radical (unpaired) electrons. The molecule has 0 saturated heterocycles. The zero-order valence-electron chi connectivity index (χ0n) is 7.88. The lowest BCUT2D eigenvalue weighted by Gasteiger charge is -1.99. The fourth-order valence-electron chi connectivity index (χ4n) is 1.33. The summed E-state index contributed by atoms with van der Waals surface area (Å²) in [5, 5.41) is 10.5. The van der Waals surface area contributed by atoms with Crippen LogP contribution in [0.2, 0.25) is 0 Å². The standard InChI is InChI=1S/C11H9NO2S/c13-11(14)7-8-1-3-9(4-2-8)10-5-6-15-12-10/h1-6H,7H2,(H,13,14). The number of carboxylic acid groups (broad SMARTS) is 1. The Hall–Kier alpha value is -1.68. The van der Waals surface area contributed by atoms with E-state index in [9.17, 15) is 4.79 Å². The molecule has 0 atom stereocenters. The summed E-state index contributed by atoms with van der Waals surface area (Å²) in [7, 11) is 0. The molecule has 0 bridgehead atoms. The number of rotatable bonds is 3. The Morgan fingerprint density at radius 2 is 2.00 bits per heavy atom. The van der Waals surface area contributed by atoms with Gasteiger partial charge in [0, 0.05) is 10.9 Å². The predicted molar refractivity (Wildman–Crippen MR) is 58.9 cm³/mol. The van der Waals surface area contributed by atoms with Crippen LogP contribution in [0, 0.1) is 0 Å². The fourth-order valence-corrected chi connectivity index (χ4v) is 1.86. The van der Waals surface area contributed by atoms with Crippen LogP contribution in [0.15, 0.2) is 35.7 Å². The van der Waals surface area contributed by atoms with E-state index >= 15 is 0 Å². The first-order valence-electron chi connectivity index (χ1n) is 4.47. The van der Waals surface area contributed by atoms with Crippen molar-refractivity contribution >= 4 is 17.5 Å². The van der Waals surface area contributed by atoms with Gasteiger partial charge in [-0.25, -0.2) is 0 Å². The van der Waals surface area contributed by atoms with Crippen molar-refractivity contribution in [3.8, 4) is 11.3 Å². The molecule has 0 aliphatic rings. The Morgan fingerprint density at radius 3 is 2.53 bits per heavy atom. The Bertz CT molecular complexity index is 448. The summed E-state index contributed by atoms with van der Waals surface area (Å²) >= 11 is 1.41. The number of nitrogens with zero attached hydrogens (tertiary/aromatic N) is 1. The number of hydrogen-bond acceptors (Lipinski definition) is 3. The molecular formula is C11H9NO2S. The molecule has 0 aliphatic carbocycles. The number of aromatic nitrogens is 1. The molecule has 2 rings (SSSR count). The van der Waals surface area contributed by atoms with Crippen molar-refractivity contribution in [1.29, 1.82) is 0 Å². The fraction of sp³-hybridized carbons (Fsp3) is 0.0909.